The lowest BCUT2D eigenvalue weighted by molar-refractivity contribution is 0.477. The van der Waals surface area contributed by atoms with Crippen LogP contribution in [0.5, 0.6) is 5.75 Å². The number of hydrogen-bond acceptors (Lipinski definition) is 3. The fraction of sp³-hybridized carbons (Fsp3) is 0.163. The average Bonchev–Trinajstić information content (AvgIpc) is 3.44. The van der Waals surface area contributed by atoms with Crippen LogP contribution in [-0.4, -0.2) is 19.6 Å². The first-order valence-corrected chi connectivity index (χ1v) is 16.1. The summed E-state index contributed by atoms with van der Waals surface area (Å²) in [6.07, 6.45) is 1.92. The van der Waals surface area contributed by atoms with Gasteiger partial charge in [0.1, 0.15) is 11.6 Å². The van der Waals surface area contributed by atoms with Crippen LogP contribution < -0.4 is 0 Å². The molecule has 232 valence electrons. The minimum Gasteiger partial charge on any atom is -0.507 e. The minimum atomic E-state index is -0.00245. The SMILES string of the molecule is Cc1cc(C)c(-c2cc(-c3cc(C(C)(C)C)ccn3)cc(-c3cccc4c3nc(-c3ccccc3O)n4-c3ccccc3)c2)c(C)c1. The fourth-order valence-corrected chi connectivity index (χ4v) is 6.78. The minimum absolute atomic E-state index is 0.00245. The molecule has 0 saturated heterocycles. The van der Waals surface area contributed by atoms with Gasteiger partial charge in [-0.1, -0.05) is 80.9 Å². The van der Waals surface area contributed by atoms with Crippen LogP contribution in [0.1, 0.15) is 43.0 Å². The van der Waals surface area contributed by atoms with Crippen molar-refractivity contribution in [2.45, 2.75) is 47.0 Å². The molecule has 7 aromatic rings. The van der Waals surface area contributed by atoms with Crippen LogP contribution in [0.4, 0.5) is 0 Å². The van der Waals surface area contributed by atoms with Crippen molar-refractivity contribution in [2.24, 2.45) is 0 Å². The van der Waals surface area contributed by atoms with E-state index in [4.69, 9.17) is 9.97 Å². The van der Waals surface area contributed by atoms with E-state index in [2.05, 4.69) is 119 Å². The predicted octanol–water partition coefficient (Wildman–Crippen LogP) is 11.0. The Morgan fingerprint density at radius 3 is 2.02 bits per heavy atom. The van der Waals surface area contributed by atoms with Crippen LogP contribution in [0, 0.1) is 20.8 Å². The van der Waals surface area contributed by atoms with E-state index in [1.165, 1.54) is 27.8 Å². The summed E-state index contributed by atoms with van der Waals surface area (Å²) < 4.78 is 2.14. The van der Waals surface area contributed by atoms with E-state index >= 15 is 0 Å². The molecule has 0 spiro atoms. The van der Waals surface area contributed by atoms with E-state index < -0.39 is 0 Å². The molecule has 0 bridgehead atoms. The number of fused-ring (bicyclic) bond motifs is 1. The van der Waals surface area contributed by atoms with Crippen molar-refractivity contribution in [3.8, 4) is 56.3 Å². The molecule has 0 saturated carbocycles. The summed E-state index contributed by atoms with van der Waals surface area (Å²) in [5.41, 5.74) is 15.0. The molecular weight excluding hydrogens is 574 g/mol. The second kappa shape index (κ2) is 11.7. The van der Waals surface area contributed by atoms with Crippen molar-refractivity contribution < 1.29 is 5.11 Å². The van der Waals surface area contributed by atoms with Crippen LogP contribution in [0.15, 0.2) is 121 Å². The van der Waals surface area contributed by atoms with Gasteiger partial charge in [0.2, 0.25) is 0 Å². The quantitative estimate of drug-likeness (QED) is 0.210. The smallest absolute Gasteiger partial charge is 0.149 e. The van der Waals surface area contributed by atoms with Gasteiger partial charge in [0, 0.05) is 23.0 Å². The van der Waals surface area contributed by atoms with Gasteiger partial charge in [-0.3, -0.25) is 9.55 Å². The molecule has 0 aliphatic heterocycles. The fourth-order valence-electron chi connectivity index (χ4n) is 6.78. The Bertz CT molecular complexity index is 2250. The maximum Gasteiger partial charge on any atom is 0.149 e. The van der Waals surface area contributed by atoms with Crippen LogP contribution >= 0.6 is 0 Å². The number of nitrogens with zero attached hydrogens (tertiary/aromatic N) is 3. The van der Waals surface area contributed by atoms with Crippen molar-refractivity contribution in [3.05, 3.63) is 144 Å². The number of phenolic OH excluding ortho intramolecular Hbond substituents is 1. The van der Waals surface area contributed by atoms with Gasteiger partial charge < -0.3 is 5.11 Å². The van der Waals surface area contributed by atoms with E-state index in [0.717, 1.165) is 44.7 Å². The van der Waals surface area contributed by atoms with Crippen molar-refractivity contribution in [2.75, 3.05) is 0 Å². The molecule has 0 atom stereocenters. The second-order valence-electron chi connectivity index (χ2n) is 13.5. The topological polar surface area (TPSA) is 50.9 Å². The number of para-hydroxylation sites is 3. The predicted molar refractivity (Wildman–Crippen MR) is 195 cm³/mol. The molecule has 2 aromatic heterocycles. The summed E-state index contributed by atoms with van der Waals surface area (Å²) in [6.45, 7) is 13.2. The Morgan fingerprint density at radius 1 is 0.638 bits per heavy atom. The normalized spacial score (nSPS) is 11.7. The molecule has 47 heavy (non-hydrogen) atoms. The molecule has 0 aliphatic rings. The van der Waals surface area contributed by atoms with Crippen molar-refractivity contribution >= 4 is 11.0 Å². The van der Waals surface area contributed by atoms with Gasteiger partial charge in [-0.2, -0.15) is 0 Å². The number of aryl methyl sites for hydroxylation is 3. The van der Waals surface area contributed by atoms with Crippen molar-refractivity contribution in [1.82, 2.24) is 14.5 Å². The van der Waals surface area contributed by atoms with Gasteiger partial charge in [-0.15, -0.1) is 0 Å². The molecule has 0 unspecified atom stereocenters. The van der Waals surface area contributed by atoms with Crippen LogP contribution in [0.2, 0.25) is 0 Å². The molecule has 7 rings (SSSR count). The number of aromatic hydroxyl groups is 1. The molecule has 4 heteroatoms. The third-order valence-corrected chi connectivity index (χ3v) is 8.98. The van der Waals surface area contributed by atoms with E-state index in [9.17, 15) is 5.11 Å². The molecule has 0 aliphatic carbocycles. The van der Waals surface area contributed by atoms with Crippen LogP contribution in [0.25, 0.3) is 61.6 Å². The summed E-state index contributed by atoms with van der Waals surface area (Å²) >= 11 is 0. The lowest BCUT2D eigenvalue weighted by Gasteiger charge is -2.20. The van der Waals surface area contributed by atoms with Gasteiger partial charge in [0.25, 0.3) is 0 Å². The Morgan fingerprint density at radius 2 is 1.30 bits per heavy atom. The Balaban J connectivity index is 1.53. The molecule has 0 fully saturated rings. The van der Waals surface area contributed by atoms with E-state index in [0.29, 0.717) is 11.4 Å². The van der Waals surface area contributed by atoms with Gasteiger partial charge in [0.15, 0.2) is 0 Å². The second-order valence-corrected chi connectivity index (χ2v) is 13.5. The molecule has 5 aromatic carbocycles. The number of rotatable bonds is 5. The van der Waals surface area contributed by atoms with E-state index in [1.807, 2.05) is 42.6 Å². The highest BCUT2D eigenvalue weighted by atomic mass is 16.3. The number of pyridine rings is 1. The van der Waals surface area contributed by atoms with Gasteiger partial charge in [-0.05, 0) is 120 Å². The first-order valence-electron chi connectivity index (χ1n) is 16.1. The number of imidazole rings is 1. The van der Waals surface area contributed by atoms with Crippen molar-refractivity contribution in [3.63, 3.8) is 0 Å². The summed E-state index contributed by atoms with van der Waals surface area (Å²) in [5, 5.41) is 11.0. The maximum absolute atomic E-state index is 11.0. The van der Waals surface area contributed by atoms with Crippen molar-refractivity contribution in [1.29, 1.82) is 0 Å². The first-order chi connectivity index (χ1) is 22.6. The standard InChI is InChI=1S/C43H39N3O/c1-27-21-28(2)40(29(3)22-27)32-24-30(23-31(25-32)37-26-33(19-20-44-37)43(4,5)6)35-16-12-17-38-41(35)45-42(36-15-10-11-18-39(36)47)46(38)34-13-8-7-9-14-34/h7-26,47H,1-6H3. The number of hydrogen-bond donors (Lipinski definition) is 1. The highest BCUT2D eigenvalue weighted by Gasteiger charge is 2.21. The average molecular weight is 614 g/mol. The monoisotopic (exact) mass is 613 g/mol. The summed E-state index contributed by atoms with van der Waals surface area (Å²) in [7, 11) is 0. The Hall–Kier alpha value is -5.48. The number of aromatic nitrogens is 3. The highest BCUT2D eigenvalue weighted by Crippen LogP contribution is 2.41. The van der Waals surface area contributed by atoms with Crippen LogP contribution in [0.3, 0.4) is 0 Å². The number of benzene rings is 5. The van der Waals surface area contributed by atoms with E-state index in [-0.39, 0.29) is 11.2 Å². The zero-order valence-electron chi connectivity index (χ0n) is 27.8. The summed E-state index contributed by atoms with van der Waals surface area (Å²) in [4.78, 5) is 10.2. The molecule has 0 radical (unpaired) electrons. The third-order valence-electron chi connectivity index (χ3n) is 8.98. The molecule has 0 amide bonds. The molecule has 2 heterocycles. The third kappa shape index (κ3) is 5.61. The first kappa shape index (κ1) is 30.2. The molecule has 4 nitrogen and oxygen atoms in total. The Kier molecular flexibility index (Phi) is 7.52. The lowest BCUT2D eigenvalue weighted by Crippen LogP contribution is -2.11. The maximum atomic E-state index is 11.0. The molecular formula is C43H39N3O. The zero-order chi connectivity index (χ0) is 32.9. The van der Waals surface area contributed by atoms with E-state index in [1.54, 1.807) is 6.07 Å². The van der Waals surface area contributed by atoms with Gasteiger partial charge in [0.05, 0.1) is 22.3 Å². The summed E-state index contributed by atoms with van der Waals surface area (Å²) in [5.74, 6) is 0.888. The van der Waals surface area contributed by atoms with Crippen LogP contribution in [-0.2, 0) is 5.41 Å². The zero-order valence-corrected chi connectivity index (χ0v) is 27.8. The summed E-state index contributed by atoms with van der Waals surface area (Å²) in [6, 6.07) is 39.6. The number of phenols is 1. The Labute approximate surface area is 277 Å². The lowest BCUT2D eigenvalue weighted by atomic mass is 9.86. The van der Waals surface area contributed by atoms with Gasteiger partial charge >= 0.3 is 0 Å². The van der Waals surface area contributed by atoms with Gasteiger partial charge in [-0.25, -0.2) is 4.98 Å². The largest absolute Gasteiger partial charge is 0.507 e. The highest BCUT2D eigenvalue weighted by molar-refractivity contribution is 5.97. The molecule has 1 N–H and O–H groups in total.